The zero-order valence-corrected chi connectivity index (χ0v) is 17.6. The van der Waals surface area contributed by atoms with Crippen LogP contribution >= 0.6 is 24.8 Å². The number of fused-ring (bicyclic) bond motifs is 1. The van der Waals surface area contributed by atoms with Gasteiger partial charge in [-0.1, -0.05) is 24.3 Å². The van der Waals surface area contributed by atoms with Gasteiger partial charge in [0.15, 0.2) is 0 Å². The molecule has 0 saturated carbocycles. The van der Waals surface area contributed by atoms with Crippen LogP contribution in [-0.4, -0.2) is 42.3 Å². The Hall–Kier alpha value is -2.19. The van der Waals surface area contributed by atoms with Gasteiger partial charge in [0.25, 0.3) is 0 Å². The first-order valence-corrected chi connectivity index (χ1v) is 8.81. The van der Waals surface area contributed by atoms with E-state index in [1.165, 1.54) is 12.1 Å². The summed E-state index contributed by atoms with van der Waals surface area (Å²) in [5.41, 5.74) is 2.71. The fraction of sp³-hybridized carbons (Fsp3) is 0.300. The van der Waals surface area contributed by atoms with Crippen molar-refractivity contribution in [1.82, 2.24) is 20.2 Å². The van der Waals surface area contributed by atoms with Gasteiger partial charge in [-0.15, -0.1) is 24.8 Å². The number of para-hydroxylation sites is 2. The van der Waals surface area contributed by atoms with Crippen LogP contribution in [0.5, 0.6) is 0 Å². The number of nitrogens with zero attached hydrogens (tertiary/aromatic N) is 2. The third kappa shape index (κ3) is 6.97. The second-order valence-corrected chi connectivity index (χ2v) is 6.23. The first kappa shape index (κ1) is 24.8. The third-order valence-corrected chi connectivity index (χ3v) is 4.28. The van der Waals surface area contributed by atoms with Gasteiger partial charge in [-0.05, 0) is 29.8 Å². The molecule has 0 radical (unpaired) electrons. The summed E-state index contributed by atoms with van der Waals surface area (Å²) in [5, 5.41) is 6.04. The maximum atomic E-state index is 13.3. The minimum atomic E-state index is -0.307. The zero-order chi connectivity index (χ0) is 19.1. The van der Waals surface area contributed by atoms with Crippen LogP contribution in [0.2, 0.25) is 0 Å². The Morgan fingerprint density at radius 3 is 2.62 bits per heavy atom. The topological polar surface area (TPSA) is 68.2 Å². The molecule has 1 amide bonds. The maximum Gasteiger partial charge on any atom is 0.234 e. The van der Waals surface area contributed by atoms with Gasteiger partial charge >= 0.3 is 0 Å². The number of rotatable bonds is 9. The molecule has 3 rings (SSSR count). The molecule has 0 bridgehead atoms. The van der Waals surface area contributed by atoms with Crippen molar-refractivity contribution in [3.05, 3.63) is 66.2 Å². The third-order valence-electron chi connectivity index (χ3n) is 4.28. The molecule has 0 aliphatic heterocycles. The predicted molar refractivity (Wildman–Crippen MR) is 116 cm³/mol. The highest BCUT2D eigenvalue weighted by Gasteiger charge is 2.16. The molecule has 0 spiro atoms. The molecule has 2 N–H and O–H groups in total. The number of ether oxygens (including phenoxy) is 1. The molecule has 0 fully saturated rings. The second-order valence-electron chi connectivity index (χ2n) is 6.23. The smallest absolute Gasteiger partial charge is 0.234 e. The van der Waals surface area contributed by atoms with Crippen molar-refractivity contribution in [1.29, 1.82) is 0 Å². The number of halogens is 3. The van der Waals surface area contributed by atoms with E-state index in [2.05, 4.69) is 15.6 Å². The van der Waals surface area contributed by atoms with Crippen molar-refractivity contribution in [2.45, 2.75) is 12.6 Å². The van der Waals surface area contributed by atoms with Gasteiger partial charge in [-0.3, -0.25) is 4.79 Å². The van der Waals surface area contributed by atoms with E-state index in [9.17, 15) is 9.18 Å². The maximum absolute atomic E-state index is 13.3. The van der Waals surface area contributed by atoms with E-state index in [0.29, 0.717) is 19.7 Å². The average molecular weight is 443 g/mol. The number of amides is 1. The van der Waals surface area contributed by atoms with E-state index in [1.54, 1.807) is 25.6 Å². The number of nitrogens with one attached hydrogen (secondary N) is 2. The lowest BCUT2D eigenvalue weighted by molar-refractivity contribution is -0.121. The van der Waals surface area contributed by atoms with Gasteiger partial charge in [0.1, 0.15) is 5.82 Å². The molecular weight excluding hydrogens is 418 g/mol. The van der Waals surface area contributed by atoms with E-state index >= 15 is 0 Å². The summed E-state index contributed by atoms with van der Waals surface area (Å²) < 4.78 is 20.3. The SMILES string of the molecule is COCCNCC(=O)NC(Cn1cnc2ccccc21)c1ccc(F)cc1.Cl.Cl. The number of hydrogen-bond donors (Lipinski definition) is 2. The number of hydrogen-bond acceptors (Lipinski definition) is 4. The van der Waals surface area contributed by atoms with Crippen LogP contribution < -0.4 is 10.6 Å². The standard InChI is InChI=1S/C20H23FN4O2.2ClH/c1-27-11-10-22-12-20(26)24-18(15-6-8-16(21)9-7-15)13-25-14-23-17-4-2-3-5-19(17)25;;/h2-9,14,18,22H,10-13H2,1H3,(H,24,26);2*1H. The summed E-state index contributed by atoms with van der Waals surface area (Å²) in [5.74, 6) is -0.442. The molecule has 6 nitrogen and oxygen atoms in total. The summed E-state index contributed by atoms with van der Waals surface area (Å²) in [7, 11) is 1.61. The van der Waals surface area contributed by atoms with Gasteiger partial charge in [0.05, 0.1) is 36.6 Å². The number of benzene rings is 2. The van der Waals surface area contributed by atoms with Crippen molar-refractivity contribution >= 4 is 41.8 Å². The van der Waals surface area contributed by atoms with Crippen LogP contribution in [0.15, 0.2) is 54.9 Å². The van der Waals surface area contributed by atoms with Crippen molar-refractivity contribution in [3.63, 3.8) is 0 Å². The number of aromatic nitrogens is 2. The number of methoxy groups -OCH3 is 1. The van der Waals surface area contributed by atoms with Crippen molar-refractivity contribution < 1.29 is 13.9 Å². The highest BCUT2D eigenvalue weighted by molar-refractivity contribution is 5.85. The molecule has 2 aromatic carbocycles. The van der Waals surface area contributed by atoms with Crippen molar-refractivity contribution in [2.75, 3.05) is 26.8 Å². The van der Waals surface area contributed by atoms with E-state index in [0.717, 1.165) is 16.6 Å². The first-order valence-electron chi connectivity index (χ1n) is 8.81. The quantitative estimate of drug-likeness (QED) is 0.499. The number of carbonyl (C=O) groups is 1. The Morgan fingerprint density at radius 2 is 1.90 bits per heavy atom. The summed E-state index contributed by atoms with van der Waals surface area (Å²) in [6.45, 7) is 1.81. The Morgan fingerprint density at radius 1 is 1.17 bits per heavy atom. The molecular formula is C20H25Cl2FN4O2. The van der Waals surface area contributed by atoms with Gasteiger partial charge in [0.2, 0.25) is 5.91 Å². The van der Waals surface area contributed by atoms with E-state index in [1.807, 2.05) is 28.8 Å². The fourth-order valence-corrected chi connectivity index (χ4v) is 2.90. The van der Waals surface area contributed by atoms with Crippen LogP contribution in [0, 0.1) is 5.82 Å². The monoisotopic (exact) mass is 442 g/mol. The average Bonchev–Trinajstić information content (AvgIpc) is 3.08. The minimum Gasteiger partial charge on any atom is -0.383 e. The van der Waals surface area contributed by atoms with Gasteiger partial charge < -0.3 is 19.9 Å². The van der Waals surface area contributed by atoms with Gasteiger partial charge in [-0.2, -0.15) is 0 Å². The molecule has 158 valence electrons. The normalized spacial score (nSPS) is 11.4. The van der Waals surface area contributed by atoms with Crippen molar-refractivity contribution in [2.24, 2.45) is 0 Å². The summed E-state index contributed by atoms with van der Waals surface area (Å²) in [6, 6.07) is 13.7. The Balaban J connectivity index is 0.00000210. The van der Waals surface area contributed by atoms with E-state index in [4.69, 9.17) is 4.74 Å². The molecule has 0 aliphatic carbocycles. The highest BCUT2D eigenvalue weighted by atomic mass is 35.5. The summed E-state index contributed by atoms with van der Waals surface area (Å²) in [6.07, 6.45) is 1.75. The highest BCUT2D eigenvalue weighted by Crippen LogP contribution is 2.19. The lowest BCUT2D eigenvalue weighted by Crippen LogP contribution is -2.38. The van der Waals surface area contributed by atoms with Gasteiger partial charge in [0, 0.05) is 20.2 Å². The lowest BCUT2D eigenvalue weighted by atomic mass is 10.1. The van der Waals surface area contributed by atoms with Crippen LogP contribution in [0.1, 0.15) is 11.6 Å². The first-order chi connectivity index (χ1) is 13.2. The fourth-order valence-electron chi connectivity index (χ4n) is 2.90. The van der Waals surface area contributed by atoms with Crippen LogP contribution in [0.3, 0.4) is 0 Å². The molecule has 3 aromatic rings. The van der Waals surface area contributed by atoms with Crippen LogP contribution in [-0.2, 0) is 16.1 Å². The second kappa shape index (κ2) is 12.4. The number of carbonyl (C=O) groups excluding carboxylic acids is 1. The van der Waals surface area contributed by atoms with E-state index < -0.39 is 0 Å². The number of imidazole rings is 1. The van der Waals surface area contributed by atoms with Crippen molar-refractivity contribution in [3.8, 4) is 0 Å². The van der Waals surface area contributed by atoms with Crippen LogP contribution in [0.25, 0.3) is 11.0 Å². The molecule has 0 saturated heterocycles. The van der Waals surface area contributed by atoms with E-state index in [-0.39, 0.29) is 49.1 Å². The summed E-state index contributed by atoms with van der Waals surface area (Å²) >= 11 is 0. The molecule has 1 atom stereocenters. The Kier molecular flexibility index (Phi) is 10.6. The molecule has 29 heavy (non-hydrogen) atoms. The predicted octanol–water partition coefficient (Wildman–Crippen LogP) is 3.11. The molecule has 1 heterocycles. The molecule has 1 aromatic heterocycles. The largest absolute Gasteiger partial charge is 0.383 e. The Labute approximate surface area is 181 Å². The van der Waals surface area contributed by atoms with Gasteiger partial charge in [-0.25, -0.2) is 9.37 Å². The lowest BCUT2D eigenvalue weighted by Gasteiger charge is -2.20. The Bertz CT molecular complexity index is 890. The van der Waals surface area contributed by atoms with Crippen LogP contribution in [0.4, 0.5) is 4.39 Å². The molecule has 0 aliphatic rings. The molecule has 1 unspecified atom stereocenters. The summed E-state index contributed by atoms with van der Waals surface area (Å²) in [4.78, 5) is 16.7. The minimum absolute atomic E-state index is 0. The molecule has 9 heteroatoms. The zero-order valence-electron chi connectivity index (χ0n) is 16.0.